The third kappa shape index (κ3) is 4.65. The van der Waals surface area contributed by atoms with Crippen LogP contribution in [-0.4, -0.2) is 25.7 Å². The summed E-state index contributed by atoms with van der Waals surface area (Å²) in [6.07, 6.45) is 2.85. The van der Waals surface area contributed by atoms with E-state index in [9.17, 15) is 10.1 Å². The van der Waals surface area contributed by atoms with Gasteiger partial charge in [-0.15, -0.1) is 0 Å². The lowest BCUT2D eigenvalue weighted by Crippen LogP contribution is -2.29. The van der Waals surface area contributed by atoms with Gasteiger partial charge in [-0.05, 0) is 62.1 Å². The molecule has 0 spiro atoms. The van der Waals surface area contributed by atoms with Gasteiger partial charge in [0.15, 0.2) is 11.6 Å². The minimum Gasteiger partial charge on any atom is -0.342 e. The number of hydrogen-bond donors (Lipinski definition) is 1. The summed E-state index contributed by atoms with van der Waals surface area (Å²) in [5.74, 6) is 0.946. The van der Waals surface area contributed by atoms with E-state index in [0.717, 1.165) is 11.1 Å². The number of nitrogens with zero attached hydrogens (tertiary/aromatic N) is 6. The van der Waals surface area contributed by atoms with Gasteiger partial charge >= 0.3 is 0 Å². The fourth-order valence-corrected chi connectivity index (χ4v) is 3.19. The number of rotatable bonds is 6. The molecule has 0 saturated carbocycles. The van der Waals surface area contributed by atoms with Crippen LogP contribution in [0.1, 0.15) is 79.5 Å². The molecule has 0 aliphatic rings. The van der Waals surface area contributed by atoms with Gasteiger partial charge in [0, 0.05) is 11.8 Å². The molecule has 1 amide bonds. The Morgan fingerprint density at radius 3 is 2.47 bits per heavy atom. The molecular weight excluding hydrogens is 402 g/mol. The highest BCUT2D eigenvalue weighted by Gasteiger charge is 2.24. The van der Waals surface area contributed by atoms with Crippen molar-refractivity contribution in [3.05, 3.63) is 70.9 Å². The summed E-state index contributed by atoms with van der Waals surface area (Å²) >= 11 is 0. The van der Waals surface area contributed by atoms with Crippen molar-refractivity contribution in [1.82, 2.24) is 25.1 Å². The first-order valence-electron chi connectivity index (χ1n) is 10.3. The zero-order valence-electron chi connectivity index (χ0n) is 18.8. The standard InChI is InChI=1S/C24H25N7O/c1-15(2)18-8-19(10-20(9-18)24(4,5)13-26)23(32)30-16(3)22-28-14-29-31(22)21-7-6-17(11-25)12-27-21/h6-10,12,14-16H,1-5H3,(H,30,32)/t16-/m0/s1. The molecule has 32 heavy (non-hydrogen) atoms. The van der Waals surface area contributed by atoms with Gasteiger partial charge in [-0.25, -0.2) is 9.97 Å². The topological polar surface area (TPSA) is 120 Å². The smallest absolute Gasteiger partial charge is 0.251 e. The first-order valence-corrected chi connectivity index (χ1v) is 10.3. The Morgan fingerprint density at radius 2 is 1.88 bits per heavy atom. The molecule has 0 aliphatic carbocycles. The number of benzene rings is 1. The minimum absolute atomic E-state index is 0.207. The van der Waals surface area contributed by atoms with E-state index in [0.29, 0.717) is 22.8 Å². The number of carbonyl (C=O) groups is 1. The van der Waals surface area contributed by atoms with E-state index in [1.165, 1.54) is 17.2 Å². The average molecular weight is 428 g/mol. The number of aromatic nitrogens is 4. The SMILES string of the molecule is CC(C)c1cc(C(=O)N[C@@H](C)c2ncnn2-c2ccc(C#N)cn2)cc(C(C)(C)C#N)c1. The molecule has 0 radical (unpaired) electrons. The second kappa shape index (κ2) is 8.99. The van der Waals surface area contributed by atoms with Gasteiger partial charge in [0.05, 0.1) is 23.1 Å². The number of pyridine rings is 1. The van der Waals surface area contributed by atoms with Gasteiger partial charge in [0.1, 0.15) is 12.4 Å². The second-order valence-corrected chi connectivity index (χ2v) is 8.48. The Balaban J connectivity index is 1.89. The number of amides is 1. The summed E-state index contributed by atoms with van der Waals surface area (Å²) in [7, 11) is 0. The van der Waals surface area contributed by atoms with Crippen molar-refractivity contribution in [3.8, 4) is 18.0 Å². The molecule has 2 aromatic heterocycles. The highest BCUT2D eigenvalue weighted by Crippen LogP contribution is 2.28. The average Bonchev–Trinajstić information content (AvgIpc) is 3.28. The first-order chi connectivity index (χ1) is 15.2. The summed E-state index contributed by atoms with van der Waals surface area (Å²) in [4.78, 5) is 21.7. The monoisotopic (exact) mass is 427 g/mol. The lowest BCUT2D eigenvalue weighted by molar-refractivity contribution is 0.0937. The van der Waals surface area contributed by atoms with Crippen LogP contribution in [0.25, 0.3) is 5.82 Å². The summed E-state index contributed by atoms with van der Waals surface area (Å²) in [6.45, 7) is 9.59. The molecule has 1 N–H and O–H groups in total. The van der Waals surface area contributed by atoms with Crippen molar-refractivity contribution in [3.63, 3.8) is 0 Å². The van der Waals surface area contributed by atoms with Crippen molar-refractivity contribution >= 4 is 5.91 Å². The number of hydrogen-bond acceptors (Lipinski definition) is 6. The van der Waals surface area contributed by atoms with E-state index in [4.69, 9.17) is 5.26 Å². The van der Waals surface area contributed by atoms with Gasteiger partial charge in [-0.2, -0.15) is 20.3 Å². The van der Waals surface area contributed by atoms with Crippen LogP contribution < -0.4 is 5.32 Å². The van der Waals surface area contributed by atoms with Crippen LogP contribution in [0.4, 0.5) is 0 Å². The van der Waals surface area contributed by atoms with E-state index in [2.05, 4.69) is 40.3 Å². The fourth-order valence-electron chi connectivity index (χ4n) is 3.19. The maximum absolute atomic E-state index is 13.1. The van der Waals surface area contributed by atoms with Crippen LogP contribution >= 0.6 is 0 Å². The molecule has 0 fully saturated rings. The molecule has 1 atom stereocenters. The predicted molar refractivity (Wildman–Crippen MR) is 119 cm³/mol. The predicted octanol–water partition coefficient (Wildman–Crippen LogP) is 3.95. The normalized spacial score (nSPS) is 12.1. The second-order valence-electron chi connectivity index (χ2n) is 8.48. The molecule has 3 aromatic rings. The molecule has 8 nitrogen and oxygen atoms in total. The molecule has 0 bridgehead atoms. The Hall–Kier alpha value is -4.04. The molecule has 0 aliphatic heterocycles. The molecule has 0 saturated heterocycles. The molecule has 1 aromatic carbocycles. The lowest BCUT2D eigenvalue weighted by Gasteiger charge is -2.20. The van der Waals surface area contributed by atoms with E-state index >= 15 is 0 Å². The quantitative estimate of drug-likeness (QED) is 0.636. The van der Waals surface area contributed by atoms with Crippen molar-refractivity contribution in [2.45, 2.75) is 52.0 Å². The van der Waals surface area contributed by atoms with Crippen LogP contribution in [0.3, 0.4) is 0 Å². The van der Waals surface area contributed by atoms with E-state index in [1.54, 1.807) is 18.2 Å². The Kier molecular flexibility index (Phi) is 6.36. The van der Waals surface area contributed by atoms with Crippen LogP contribution in [0.2, 0.25) is 0 Å². The van der Waals surface area contributed by atoms with Crippen LogP contribution in [-0.2, 0) is 5.41 Å². The number of nitriles is 2. The van der Waals surface area contributed by atoms with E-state index < -0.39 is 11.5 Å². The Bertz CT molecular complexity index is 1210. The largest absolute Gasteiger partial charge is 0.342 e. The highest BCUT2D eigenvalue weighted by molar-refractivity contribution is 5.95. The van der Waals surface area contributed by atoms with Gasteiger partial charge in [-0.1, -0.05) is 19.9 Å². The van der Waals surface area contributed by atoms with Crippen molar-refractivity contribution < 1.29 is 4.79 Å². The van der Waals surface area contributed by atoms with Crippen molar-refractivity contribution in [2.24, 2.45) is 0 Å². The van der Waals surface area contributed by atoms with Crippen molar-refractivity contribution in [2.75, 3.05) is 0 Å². The maximum Gasteiger partial charge on any atom is 0.251 e. The van der Waals surface area contributed by atoms with Gasteiger partial charge in [0.25, 0.3) is 5.91 Å². The molecule has 8 heteroatoms. The summed E-state index contributed by atoms with van der Waals surface area (Å²) in [6, 6.07) is 12.8. The van der Waals surface area contributed by atoms with Gasteiger partial charge < -0.3 is 5.32 Å². The van der Waals surface area contributed by atoms with E-state index in [-0.39, 0.29) is 11.8 Å². The highest BCUT2D eigenvalue weighted by atomic mass is 16.1. The van der Waals surface area contributed by atoms with Crippen LogP contribution in [0.15, 0.2) is 42.9 Å². The number of carbonyl (C=O) groups excluding carboxylic acids is 1. The minimum atomic E-state index is -0.715. The van der Waals surface area contributed by atoms with Crippen LogP contribution in [0, 0.1) is 22.7 Å². The lowest BCUT2D eigenvalue weighted by atomic mass is 9.83. The molecule has 2 heterocycles. The summed E-state index contributed by atoms with van der Waals surface area (Å²) in [5.41, 5.74) is 2.01. The van der Waals surface area contributed by atoms with Gasteiger partial charge in [0.2, 0.25) is 0 Å². The molecule has 162 valence electrons. The van der Waals surface area contributed by atoms with Crippen LogP contribution in [0.5, 0.6) is 0 Å². The summed E-state index contributed by atoms with van der Waals surface area (Å²) in [5, 5.41) is 25.7. The summed E-state index contributed by atoms with van der Waals surface area (Å²) < 4.78 is 1.53. The zero-order chi connectivity index (χ0) is 23.5. The number of nitrogens with one attached hydrogen (secondary N) is 1. The Morgan fingerprint density at radius 1 is 1.12 bits per heavy atom. The van der Waals surface area contributed by atoms with Crippen molar-refractivity contribution in [1.29, 1.82) is 10.5 Å². The zero-order valence-corrected chi connectivity index (χ0v) is 18.8. The fraction of sp³-hybridized carbons (Fsp3) is 0.333. The molecule has 3 rings (SSSR count). The molecular formula is C24H25N7O. The van der Waals surface area contributed by atoms with Gasteiger partial charge in [-0.3, -0.25) is 4.79 Å². The third-order valence-electron chi connectivity index (χ3n) is 5.29. The third-order valence-corrected chi connectivity index (χ3v) is 5.29. The first kappa shape index (κ1) is 22.6. The Labute approximate surface area is 187 Å². The maximum atomic E-state index is 13.1. The molecule has 0 unspecified atom stereocenters. The van der Waals surface area contributed by atoms with E-state index in [1.807, 2.05) is 39.0 Å².